The van der Waals surface area contributed by atoms with Crippen molar-refractivity contribution in [1.29, 1.82) is 0 Å². The van der Waals surface area contributed by atoms with Crippen LogP contribution in [0.5, 0.6) is 11.5 Å². The molecule has 0 bridgehead atoms. The molecule has 1 saturated heterocycles. The van der Waals surface area contributed by atoms with Crippen LogP contribution in [0, 0.1) is 3.57 Å². The Morgan fingerprint density at radius 2 is 1.93 bits per heavy atom. The third-order valence-electron chi connectivity index (χ3n) is 4.32. The molecule has 1 aliphatic heterocycles. The first-order chi connectivity index (χ1) is 14.5. The van der Waals surface area contributed by atoms with Gasteiger partial charge in [-0.2, -0.15) is 0 Å². The number of carbonyl (C=O) groups excluding carboxylic acids is 2. The van der Waals surface area contributed by atoms with Gasteiger partial charge in [0.1, 0.15) is 6.61 Å². The average Bonchev–Trinajstić information content (AvgIpc) is 2.99. The fourth-order valence-corrected chi connectivity index (χ4v) is 4.59. The van der Waals surface area contributed by atoms with Crippen LogP contribution in [0.3, 0.4) is 0 Å². The molecule has 0 saturated carbocycles. The SMILES string of the molecule is C=CCOc1c(I)cc(/C=C2\SC(=O)N(CCc3ccccc3)C2=O)cc1OCC. The number of imide groups is 1. The van der Waals surface area contributed by atoms with Crippen LogP contribution in [0.2, 0.25) is 0 Å². The number of ether oxygens (including phenoxy) is 2. The zero-order chi connectivity index (χ0) is 21.5. The first kappa shape index (κ1) is 22.4. The number of benzene rings is 2. The van der Waals surface area contributed by atoms with Gasteiger partial charge in [0.15, 0.2) is 11.5 Å². The van der Waals surface area contributed by atoms with E-state index in [1.165, 1.54) is 4.90 Å². The summed E-state index contributed by atoms with van der Waals surface area (Å²) in [7, 11) is 0. The van der Waals surface area contributed by atoms with Crippen LogP contribution in [0.25, 0.3) is 6.08 Å². The molecule has 2 aromatic carbocycles. The normalized spacial score (nSPS) is 15.0. The van der Waals surface area contributed by atoms with E-state index >= 15 is 0 Å². The number of carbonyl (C=O) groups is 2. The molecule has 0 unspecified atom stereocenters. The Labute approximate surface area is 194 Å². The maximum Gasteiger partial charge on any atom is 0.293 e. The third-order valence-corrected chi connectivity index (χ3v) is 6.02. The van der Waals surface area contributed by atoms with Gasteiger partial charge >= 0.3 is 0 Å². The molecule has 7 heteroatoms. The van der Waals surface area contributed by atoms with E-state index in [1.807, 2.05) is 49.4 Å². The fraction of sp³-hybridized carbons (Fsp3) is 0.217. The van der Waals surface area contributed by atoms with Crippen molar-refractivity contribution in [3.05, 3.63) is 74.7 Å². The average molecular weight is 535 g/mol. The molecule has 0 radical (unpaired) electrons. The van der Waals surface area contributed by atoms with Gasteiger partial charge in [-0.1, -0.05) is 43.0 Å². The van der Waals surface area contributed by atoms with Crippen molar-refractivity contribution in [3.8, 4) is 11.5 Å². The lowest BCUT2D eigenvalue weighted by Crippen LogP contribution is -2.30. The largest absolute Gasteiger partial charge is 0.490 e. The first-order valence-electron chi connectivity index (χ1n) is 9.52. The number of hydrogen-bond donors (Lipinski definition) is 0. The van der Waals surface area contributed by atoms with E-state index in [4.69, 9.17) is 9.47 Å². The lowest BCUT2D eigenvalue weighted by molar-refractivity contribution is -0.122. The predicted octanol–water partition coefficient (Wildman–Crippen LogP) is 5.53. The zero-order valence-electron chi connectivity index (χ0n) is 16.6. The Kier molecular flexibility index (Phi) is 7.98. The Balaban J connectivity index is 1.79. The molecule has 0 atom stereocenters. The highest BCUT2D eigenvalue weighted by atomic mass is 127. The molecule has 1 fully saturated rings. The highest BCUT2D eigenvalue weighted by Crippen LogP contribution is 2.37. The molecule has 1 heterocycles. The summed E-state index contributed by atoms with van der Waals surface area (Å²) >= 11 is 3.14. The summed E-state index contributed by atoms with van der Waals surface area (Å²) < 4.78 is 12.3. The van der Waals surface area contributed by atoms with E-state index < -0.39 is 0 Å². The van der Waals surface area contributed by atoms with Gasteiger partial charge in [0, 0.05) is 6.54 Å². The summed E-state index contributed by atoms with van der Waals surface area (Å²) in [6.07, 6.45) is 4.04. The minimum atomic E-state index is -0.263. The molecule has 0 aromatic heterocycles. The predicted molar refractivity (Wildman–Crippen MR) is 129 cm³/mol. The summed E-state index contributed by atoms with van der Waals surface area (Å²) in [4.78, 5) is 26.9. The van der Waals surface area contributed by atoms with E-state index in [-0.39, 0.29) is 11.1 Å². The number of nitrogens with zero attached hydrogens (tertiary/aromatic N) is 1. The van der Waals surface area contributed by atoms with E-state index in [0.717, 1.165) is 26.5 Å². The molecular formula is C23H22INO4S. The smallest absolute Gasteiger partial charge is 0.293 e. The molecular weight excluding hydrogens is 513 g/mol. The number of halogens is 1. The standard InChI is InChI=1S/C23H22INO4S/c1-3-12-29-21-18(24)13-17(14-19(21)28-4-2)15-20-22(26)25(23(27)30-20)11-10-16-8-6-5-7-9-16/h3,5-9,13-15H,1,4,10-12H2,2H3/b20-15-. The van der Waals surface area contributed by atoms with Gasteiger partial charge in [-0.15, -0.1) is 0 Å². The molecule has 0 N–H and O–H groups in total. The van der Waals surface area contributed by atoms with Crippen LogP contribution >= 0.6 is 34.4 Å². The van der Waals surface area contributed by atoms with Crippen molar-refractivity contribution in [2.45, 2.75) is 13.3 Å². The van der Waals surface area contributed by atoms with Gasteiger partial charge in [0.05, 0.1) is 15.1 Å². The van der Waals surface area contributed by atoms with E-state index in [0.29, 0.717) is 42.6 Å². The lowest BCUT2D eigenvalue weighted by atomic mass is 10.1. The summed E-state index contributed by atoms with van der Waals surface area (Å²) in [5, 5.41) is -0.243. The number of rotatable bonds is 9. The Morgan fingerprint density at radius 1 is 1.17 bits per heavy atom. The lowest BCUT2D eigenvalue weighted by Gasteiger charge is -2.14. The number of thioether (sulfide) groups is 1. The van der Waals surface area contributed by atoms with Crippen LogP contribution in [-0.2, 0) is 11.2 Å². The van der Waals surface area contributed by atoms with Crippen LogP contribution < -0.4 is 9.47 Å². The van der Waals surface area contributed by atoms with Gasteiger partial charge < -0.3 is 9.47 Å². The van der Waals surface area contributed by atoms with Gasteiger partial charge in [-0.05, 0) is 77.0 Å². The molecule has 156 valence electrons. The van der Waals surface area contributed by atoms with Crippen LogP contribution in [0.15, 0.2) is 60.0 Å². The summed E-state index contributed by atoms with van der Waals surface area (Å²) in [5.41, 5.74) is 1.87. The van der Waals surface area contributed by atoms with Gasteiger partial charge in [0.2, 0.25) is 0 Å². The van der Waals surface area contributed by atoms with Crippen molar-refractivity contribution < 1.29 is 19.1 Å². The van der Waals surface area contributed by atoms with E-state index in [1.54, 1.807) is 12.2 Å². The van der Waals surface area contributed by atoms with Crippen molar-refractivity contribution in [3.63, 3.8) is 0 Å². The topological polar surface area (TPSA) is 55.8 Å². The molecule has 1 aliphatic rings. The Hall–Kier alpha value is -2.26. The van der Waals surface area contributed by atoms with Gasteiger partial charge in [-0.3, -0.25) is 14.5 Å². The van der Waals surface area contributed by atoms with Gasteiger partial charge in [0.25, 0.3) is 11.1 Å². The second-order valence-corrected chi connectivity index (χ2v) is 8.59. The fourth-order valence-electron chi connectivity index (χ4n) is 2.95. The van der Waals surface area contributed by atoms with E-state index in [9.17, 15) is 9.59 Å². The minimum absolute atomic E-state index is 0.243. The quantitative estimate of drug-likeness (QED) is 0.240. The summed E-state index contributed by atoms with van der Waals surface area (Å²) in [6, 6.07) is 13.5. The van der Waals surface area contributed by atoms with Crippen LogP contribution in [0.1, 0.15) is 18.1 Å². The van der Waals surface area contributed by atoms with Crippen molar-refractivity contribution in [2.75, 3.05) is 19.8 Å². The Morgan fingerprint density at radius 3 is 2.63 bits per heavy atom. The maximum atomic E-state index is 12.8. The maximum absolute atomic E-state index is 12.8. The Bertz CT molecular complexity index is 975. The molecule has 2 amide bonds. The van der Waals surface area contributed by atoms with Crippen LogP contribution in [0.4, 0.5) is 4.79 Å². The second-order valence-electron chi connectivity index (χ2n) is 6.43. The van der Waals surface area contributed by atoms with Crippen LogP contribution in [-0.4, -0.2) is 35.8 Å². The first-order valence-corrected chi connectivity index (χ1v) is 11.4. The third kappa shape index (κ3) is 5.46. The highest BCUT2D eigenvalue weighted by molar-refractivity contribution is 14.1. The molecule has 30 heavy (non-hydrogen) atoms. The van der Waals surface area contributed by atoms with Crippen molar-refractivity contribution >= 4 is 51.6 Å². The van der Waals surface area contributed by atoms with Gasteiger partial charge in [-0.25, -0.2) is 0 Å². The number of hydrogen-bond acceptors (Lipinski definition) is 5. The summed E-state index contributed by atoms with van der Waals surface area (Å²) in [5.74, 6) is 0.979. The van der Waals surface area contributed by atoms with Crippen molar-refractivity contribution in [2.24, 2.45) is 0 Å². The number of amides is 2. The van der Waals surface area contributed by atoms with E-state index in [2.05, 4.69) is 29.2 Å². The highest BCUT2D eigenvalue weighted by Gasteiger charge is 2.34. The summed E-state index contributed by atoms with van der Waals surface area (Å²) in [6.45, 7) is 6.79. The second kappa shape index (κ2) is 10.7. The zero-order valence-corrected chi connectivity index (χ0v) is 19.6. The monoisotopic (exact) mass is 535 g/mol. The molecule has 2 aromatic rings. The molecule has 3 rings (SSSR count). The van der Waals surface area contributed by atoms with Crippen molar-refractivity contribution in [1.82, 2.24) is 4.90 Å². The molecule has 0 aliphatic carbocycles. The minimum Gasteiger partial charge on any atom is -0.490 e. The molecule has 5 nitrogen and oxygen atoms in total. The molecule has 0 spiro atoms.